The lowest BCUT2D eigenvalue weighted by Crippen LogP contribution is -2.20. The van der Waals surface area contributed by atoms with Crippen LogP contribution in [-0.2, 0) is 4.79 Å². The summed E-state index contributed by atoms with van der Waals surface area (Å²) in [6.07, 6.45) is 0. The van der Waals surface area contributed by atoms with E-state index in [-0.39, 0.29) is 12.5 Å². The molecule has 140 valence electrons. The molecular formula is C22H17ClN2O3. The normalized spacial score (nSPS) is 10.8. The number of halogens is 1. The molecule has 0 aliphatic heterocycles. The zero-order valence-corrected chi connectivity index (χ0v) is 15.9. The third kappa shape index (κ3) is 4.00. The van der Waals surface area contributed by atoms with Gasteiger partial charge in [-0.2, -0.15) is 0 Å². The maximum atomic E-state index is 12.2. The molecule has 0 radical (unpaired) electrons. The van der Waals surface area contributed by atoms with Crippen LogP contribution in [0, 0.1) is 6.92 Å². The van der Waals surface area contributed by atoms with E-state index >= 15 is 0 Å². The number of hydrogen-bond acceptors (Lipinski definition) is 4. The number of benzene rings is 3. The van der Waals surface area contributed by atoms with Gasteiger partial charge < -0.3 is 14.5 Å². The maximum Gasteiger partial charge on any atom is 0.262 e. The van der Waals surface area contributed by atoms with E-state index < -0.39 is 0 Å². The highest BCUT2D eigenvalue weighted by atomic mass is 35.5. The van der Waals surface area contributed by atoms with Gasteiger partial charge in [0, 0.05) is 16.3 Å². The van der Waals surface area contributed by atoms with Crippen LogP contribution < -0.4 is 10.1 Å². The van der Waals surface area contributed by atoms with Crippen molar-refractivity contribution in [2.45, 2.75) is 6.92 Å². The quantitative estimate of drug-likeness (QED) is 0.488. The molecule has 0 unspecified atom stereocenters. The molecule has 28 heavy (non-hydrogen) atoms. The number of aromatic nitrogens is 1. The summed E-state index contributed by atoms with van der Waals surface area (Å²) in [4.78, 5) is 16.7. The van der Waals surface area contributed by atoms with E-state index in [9.17, 15) is 4.79 Å². The minimum absolute atomic E-state index is 0.104. The molecule has 6 heteroatoms. The van der Waals surface area contributed by atoms with Crippen molar-refractivity contribution in [3.63, 3.8) is 0 Å². The number of nitrogens with one attached hydrogen (secondary N) is 1. The number of amides is 1. The summed E-state index contributed by atoms with van der Waals surface area (Å²) in [5.41, 5.74) is 3.99. The van der Waals surface area contributed by atoms with Gasteiger partial charge in [0.1, 0.15) is 11.3 Å². The van der Waals surface area contributed by atoms with Crippen molar-refractivity contribution in [2.75, 3.05) is 11.9 Å². The van der Waals surface area contributed by atoms with Crippen LogP contribution in [0.25, 0.3) is 22.6 Å². The molecule has 0 spiro atoms. The average Bonchev–Trinajstić information content (AvgIpc) is 3.11. The first-order valence-electron chi connectivity index (χ1n) is 8.73. The number of oxazole rings is 1. The lowest BCUT2D eigenvalue weighted by molar-refractivity contribution is -0.118. The van der Waals surface area contributed by atoms with Gasteiger partial charge in [-0.1, -0.05) is 29.8 Å². The Labute approximate surface area is 166 Å². The highest BCUT2D eigenvalue weighted by Gasteiger charge is 2.11. The minimum Gasteiger partial charge on any atom is -0.484 e. The molecule has 0 bridgehead atoms. The van der Waals surface area contributed by atoms with Crippen LogP contribution >= 0.6 is 11.6 Å². The summed E-state index contributed by atoms with van der Waals surface area (Å²) in [5, 5.41) is 3.42. The van der Waals surface area contributed by atoms with E-state index in [1.807, 2.05) is 31.2 Å². The SMILES string of the molecule is Cc1ccccc1-c1nc2cc(NC(=O)COc3ccc(Cl)cc3)ccc2o1. The van der Waals surface area contributed by atoms with Gasteiger partial charge in [-0.3, -0.25) is 4.79 Å². The Kier molecular flexibility index (Phi) is 5.00. The number of rotatable bonds is 5. The molecule has 0 atom stereocenters. The van der Waals surface area contributed by atoms with Crippen LogP contribution in [0.1, 0.15) is 5.56 Å². The molecule has 1 amide bonds. The van der Waals surface area contributed by atoms with Crippen molar-refractivity contribution >= 4 is 34.3 Å². The molecule has 0 saturated carbocycles. The second-order valence-electron chi connectivity index (χ2n) is 6.31. The van der Waals surface area contributed by atoms with Crippen LogP contribution in [0.3, 0.4) is 0 Å². The molecule has 0 saturated heterocycles. The van der Waals surface area contributed by atoms with E-state index in [1.54, 1.807) is 42.5 Å². The predicted molar refractivity (Wildman–Crippen MR) is 110 cm³/mol. The summed E-state index contributed by atoms with van der Waals surface area (Å²) in [7, 11) is 0. The molecule has 5 nitrogen and oxygen atoms in total. The van der Waals surface area contributed by atoms with Gasteiger partial charge in [0.2, 0.25) is 5.89 Å². The predicted octanol–water partition coefficient (Wildman–Crippen LogP) is 5.47. The number of anilines is 1. The van der Waals surface area contributed by atoms with Crippen LogP contribution in [-0.4, -0.2) is 17.5 Å². The Bertz CT molecular complexity index is 1140. The van der Waals surface area contributed by atoms with E-state index in [1.165, 1.54) is 0 Å². The Morgan fingerprint density at radius 2 is 1.89 bits per heavy atom. The van der Waals surface area contributed by atoms with Gasteiger partial charge in [0.15, 0.2) is 12.2 Å². The van der Waals surface area contributed by atoms with E-state index in [4.69, 9.17) is 20.8 Å². The monoisotopic (exact) mass is 392 g/mol. The van der Waals surface area contributed by atoms with Crippen molar-refractivity contribution < 1.29 is 13.9 Å². The Morgan fingerprint density at radius 1 is 1.11 bits per heavy atom. The molecule has 0 fully saturated rings. The molecule has 4 rings (SSSR count). The summed E-state index contributed by atoms with van der Waals surface area (Å²) < 4.78 is 11.3. The van der Waals surface area contributed by atoms with Crippen molar-refractivity contribution in [2.24, 2.45) is 0 Å². The summed E-state index contributed by atoms with van der Waals surface area (Å²) in [5.74, 6) is 0.869. The topological polar surface area (TPSA) is 64.4 Å². The first-order valence-corrected chi connectivity index (χ1v) is 9.11. The smallest absolute Gasteiger partial charge is 0.262 e. The third-order valence-corrected chi connectivity index (χ3v) is 4.48. The number of hydrogen-bond donors (Lipinski definition) is 1. The minimum atomic E-state index is -0.267. The van der Waals surface area contributed by atoms with Gasteiger partial charge in [-0.05, 0) is 61.0 Å². The fourth-order valence-electron chi connectivity index (χ4n) is 2.81. The van der Waals surface area contributed by atoms with Crippen LogP contribution in [0.2, 0.25) is 5.02 Å². The van der Waals surface area contributed by atoms with Gasteiger partial charge >= 0.3 is 0 Å². The Morgan fingerprint density at radius 3 is 2.68 bits per heavy atom. The van der Waals surface area contributed by atoms with Gasteiger partial charge in [-0.15, -0.1) is 0 Å². The molecule has 1 heterocycles. The lowest BCUT2D eigenvalue weighted by atomic mass is 10.1. The molecular weight excluding hydrogens is 376 g/mol. The standard InChI is InChI=1S/C22H17ClN2O3/c1-14-4-2-3-5-18(14)22-25-19-12-16(8-11-20(19)28-22)24-21(26)13-27-17-9-6-15(23)7-10-17/h2-12H,13H2,1H3,(H,24,26). The van der Waals surface area contributed by atoms with Crippen molar-refractivity contribution in [1.29, 1.82) is 0 Å². The van der Waals surface area contributed by atoms with Crippen LogP contribution in [0.4, 0.5) is 5.69 Å². The molecule has 4 aromatic rings. The number of nitrogens with zero attached hydrogens (tertiary/aromatic N) is 1. The zero-order chi connectivity index (χ0) is 19.5. The number of ether oxygens (including phenoxy) is 1. The number of aryl methyl sites for hydroxylation is 1. The summed E-state index contributed by atoms with van der Waals surface area (Å²) in [6.45, 7) is 1.91. The van der Waals surface area contributed by atoms with Crippen molar-refractivity contribution in [3.8, 4) is 17.2 Å². The van der Waals surface area contributed by atoms with E-state index in [0.717, 1.165) is 11.1 Å². The van der Waals surface area contributed by atoms with Crippen molar-refractivity contribution in [1.82, 2.24) is 4.98 Å². The average molecular weight is 393 g/mol. The zero-order valence-electron chi connectivity index (χ0n) is 15.1. The first kappa shape index (κ1) is 18.1. The highest BCUT2D eigenvalue weighted by Crippen LogP contribution is 2.28. The largest absolute Gasteiger partial charge is 0.484 e. The molecule has 3 aromatic carbocycles. The second kappa shape index (κ2) is 7.74. The number of carbonyl (C=O) groups excluding carboxylic acids is 1. The van der Waals surface area contributed by atoms with Crippen LogP contribution in [0.15, 0.2) is 71.1 Å². The number of fused-ring (bicyclic) bond motifs is 1. The van der Waals surface area contributed by atoms with Gasteiger partial charge in [0.25, 0.3) is 5.91 Å². The summed E-state index contributed by atoms with van der Waals surface area (Å²) >= 11 is 5.83. The highest BCUT2D eigenvalue weighted by molar-refractivity contribution is 6.30. The second-order valence-corrected chi connectivity index (χ2v) is 6.74. The maximum absolute atomic E-state index is 12.2. The van der Waals surface area contributed by atoms with Crippen molar-refractivity contribution in [3.05, 3.63) is 77.3 Å². The van der Waals surface area contributed by atoms with Gasteiger partial charge in [-0.25, -0.2) is 4.98 Å². The molecule has 0 aliphatic rings. The fraction of sp³-hybridized carbons (Fsp3) is 0.0909. The molecule has 1 N–H and O–H groups in total. The first-order chi connectivity index (χ1) is 13.6. The molecule has 1 aromatic heterocycles. The van der Waals surface area contributed by atoms with E-state index in [0.29, 0.717) is 33.4 Å². The fourth-order valence-corrected chi connectivity index (χ4v) is 2.94. The summed E-state index contributed by atoms with van der Waals surface area (Å²) in [6, 6.07) is 20.1. The van der Waals surface area contributed by atoms with Gasteiger partial charge in [0.05, 0.1) is 0 Å². The molecule has 0 aliphatic carbocycles. The van der Waals surface area contributed by atoms with E-state index in [2.05, 4.69) is 10.3 Å². The lowest BCUT2D eigenvalue weighted by Gasteiger charge is -2.07. The Hall–Kier alpha value is -3.31. The number of carbonyl (C=O) groups is 1. The third-order valence-electron chi connectivity index (χ3n) is 4.23. The van der Waals surface area contributed by atoms with Crippen LogP contribution in [0.5, 0.6) is 5.75 Å². The Balaban J connectivity index is 1.46.